The first-order valence-electron chi connectivity index (χ1n) is 27.2. The number of fused-ring (bicyclic) bond motifs is 6. The second-order valence-electron chi connectivity index (χ2n) is 21.4. The standard InChI is InChI=1S/C68H43N2O.C6H5.Sn/c1-5-20-47(21-6-1)67(48-22-7-2-8-23-48)63-36-15-13-34-59(63)61-40-38-55(45-65(61)67)69-51-28-17-29-52(42-51)70(54-31-19-33-58(44-54)71-57-32-18-30-53(69)43-57)56-39-41-62-60-35-14-16-37-64(60)68(66(62)46-56,49-24-9-3-10-25-49)50-26-11-4-12-27-50;1-2-4-6-5-3-1;/h1-41,45-46H;1-5H;. The Hall–Kier alpha value is -9.16. The van der Waals surface area contributed by atoms with Crippen LogP contribution < -0.4 is 28.9 Å². The minimum atomic E-state index is -4.45. The maximum atomic E-state index is 7.39. The number of nitrogens with zero attached hydrogens (tertiary/aromatic N) is 2. The molecule has 78 heavy (non-hydrogen) atoms. The molecule has 364 valence electrons. The molecule has 12 aromatic rings. The molecule has 5 aliphatic rings. The van der Waals surface area contributed by atoms with Gasteiger partial charge in [-0.15, -0.1) is 0 Å². The Morgan fingerprint density at radius 3 is 1.01 bits per heavy atom. The molecule has 0 aromatic heterocycles. The Balaban J connectivity index is 0.958. The van der Waals surface area contributed by atoms with Crippen molar-refractivity contribution in [1.29, 1.82) is 0 Å². The van der Waals surface area contributed by atoms with Crippen LogP contribution in [0.1, 0.15) is 44.5 Å². The van der Waals surface area contributed by atoms with E-state index >= 15 is 0 Å². The molecule has 0 radical (unpaired) electrons. The fourth-order valence-corrected chi connectivity index (χ4v) is 31.3. The number of ether oxygens (including phenoxy) is 1. The van der Waals surface area contributed by atoms with E-state index in [-0.39, 0.29) is 0 Å². The first-order chi connectivity index (χ1) is 38.7. The third-order valence-electron chi connectivity index (χ3n) is 17.9. The van der Waals surface area contributed by atoms with E-state index in [0.29, 0.717) is 0 Å². The molecule has 3 nitrogen and oxygen atoms in total. The fraction of sp³-hybridized carbons (Fsp3) is 0.0270. The van der Waals surface area contributed by atoms with Crippen LogP contribution in [0, 0.1) is 0 Å². The van der Waals surface area contributed by atoms with E-state index in [1.807, 2.05) is 0 Å². The van der Waals surface area contributed by atoms with E-state index < -0.39 is 29.2 Å². The van der Waals surface area contributed by atoms with Gasteiger partial charge in [0.25, 0.3) is 0 Å². The average molecular weight is 1100 g/mol. The van der Waals surface area contributed by atoms with Crippen molar-refractivity contribution in [3.05, 3.63) is 336 Å². The van der Waals surface area contributed by atoms with Crippen LogP contribution in [0.15, 0.2) is 291 Å². The zero-order valence-corrected chi connectivity index (χ0v) is 45.4. The van der Waals surface area contributed by atoms with Crippen LogP contribution in [0.3, 0.4) is 0 Å². The SMILES string of the molecule is c1ccc(C2(c3ccccc3)c3ccccc3-c3ccc(N4c5cccc6[c]5[Sn]5([c]7ccccc7)[c]7c(cccc7N(c7ccc8c(c7)C(c7ccccc7)(c7ccccc7)c7ccccc7-8)c7cccc4[c]75)O6)cc32)cc1. The van der Waals surface area contributed by atoms with E-state index in [2.05, 4.69) is 301 Å². The summed E-state index contributed by atoms with van der Waals surface area (Å²) in [4.78, 5) is 5.19. The number of anilines is 6. The van der Waals surface area contributed by atoms with Gasteiger partial charge in [0, 0.05) is 0 Å². The molecule has 2 aliphatic carbocycles. The molecule has 0 atom stereocenters. The molecule has 0 unspecified atom stereocenters. The van der Waals surface area contributed by atoms with Crippen LogP contribution >= 0.6 is 0 Å². The van der Waals surface area contributed by atoms with Crippen molar-refractivity contribution in [3.63, 3.8) is 0 Å². The molecule has 12 aromatic carbocycles. The minimum absolute atomic E-state index is 0.560. The van der Waals surface area contributed by atoms with E-state index in [1.165, 1.54) is 104 Å². The van der Waals surface area contributed by atoms with Crippen molar-refractivity contribution < 1.29 is 4.74 Å². The number of rotatable bonds is 7. The van der Waals surface area contributed by atoms with Gasteiger partial charge in [-0.2, -0.15) is 0 Å². The summed E-state index contributed by atoms with van der Waals surface area (Å²) in [6.45, 7) is 0. The molecule has 17 rings (SSSR count). The molecule has 3 aliphatic heterocycles. The van der Waals surface area contributed by atoms with Gasteiger partial charge in [0.05, 0.1) is 0 Å². The van der Waals surface area contributed by atoms with Crippen molar-refractivity contribution in [2.45, 2.75) is 10.8 Å². The maximum absolute atomic E-state index is 7.39. The summed E-state index contributed by atoms with van der Waals surface area (Å²) in [5, 5.41) is 0. The van der Waals surface area contributed by atoms with Gasteiger partial charge in [-0.05, 0) is 0 Å². The van der Waals surface area contributed by atoms with E-state index in [9.17, 15) is 0 Å². The van der Waals surface area contributed by atoms with Crippen LogP contribution in [0.25, 0.3) is 22.3 Å². The molecule has 0 bridgehead atoms. The number of hydrogen-bond donors (Lipinski definition) is 0. The van der Waals surface area contributed by atoms with Gasteiger partial charge >= 0.3 is 462 Å². The van der Waals surface area contributed by atoms with E-state index in [1.54, 1.807) is 0 Å². The molecular weight excluding hydrogens is 1050 g/mol. The monoisotopic (exact) mass is 1100 g/mol. The summed E-state index contributed by atoms with van der Waals surface area (Å²) in [6, 6.07) is 110. The van der Waals surface area contributed by atoms with Crippen molar-refractivity contribution in [2.75, 3.05) is 9.80 Å². The molecule has 0 spiro atoms. The Morgan fingerprint density at radius 1 is 0.269 bits per heavy atom. The first kappa shape index (κ1) is 44.0. The average Bonchev–Trinajstić information content (AvgIpc) is 3.39. The molecule has 0 saturated carbocycles. The molecule has 4 heteroatoms. The molecular formula is C74H48N2OSn. The second-order valence-corrected chi connectivity index (χ2v) is 31.6. The summed E-state index contributed by atoms with van der Waals surface area (Å²) in [5.41, 5.74) is 21.2. The third kappa shape index (κ3) is 5.53. The van der Waals surface area contributed by atoms with Gasteiger partial charge in [0.1, 0.15) is 0 Å². The van der Waals surface area contributed by atoms with Crippen LogP contribution in [0.5, 0.6) is 11.5 Å². The molecule has 0 fully saturated rings. The quantitative estimate of drug-likeness (QED) is 0.148. The summed E-state index contributed by atoms with van der Waals surface area (Å²) in [7, 11) is 0. The predicted molar refractivity (Wildman–Crippen MR) is 321 cm³/mol. The van der Waals surface area contributed by atoms with Gasteiger partial charge in [-0.25, -0.2) is 0 Å². The van der Waals surface area contributed by atoms with Gasteiger partial charge in [0.2, 0.25) is 0 Å². The van der Waals surface area contributed by atoms with E-state index in [4.69, 9.17) is 4.74 Å². The number of benzene rings is 12. The van der Waals surface area contributed by atoms with Crippen LogP contribution in [0.4, 0.5) is 34.1 Å². The Morgan fingerprint density at radius 2 is 0.603 bits per heavy atom. The van der Waals surface area contributed by atoms with E-state index in [0.717, 1.165) is 22.9 Å². The zero-order chi connectivity index (χ0) is 51.2. The summed E-state index contributed by atoms with van der Waals surface area (Å²) < 4.78 is 13.0. The van der Waals surface area contributed by atoms with Crippen molar-refractivity contribution in [1.82, 2.24) is 0 Å². The van der Waals surface area contributed by atoms with Crippen LogP contribution in [0.2, 0.25) is 0 Å². The van der Waals surface area contributed by atoms with Gasteiger partial charge in [0.15, 0.2) is 0 Å². The molecule has 0 saturated heterocycles. The summed E-state index contributed by atoms with van der Waals surface area (Å²) >= 11 is -4.45. The van der Waals surface area contributed by atoms with Crippen molar-refractivity contribution in [3.8, 4) is 33.8 Å². The predicted octanol–water partition coefficient (Wildman–Crippen LogP) is 15.5. The van der Waals surface area contributed by atoms with Gasteiger partial charge < -0.3 is 0 Å². The summed E-state index contributed by atoms with van der Waals surface area (Å²) in [6.07, 6.45) is 0. The van der Waals surface area contributed by atoms with Crippen LogP contribution in [-0.4, -0.2) is 18.4 Å². The van der Waals surface area contributed by atoms with Crippen molar-refractivity contribution in [2.24, 2.45) is 0 Å². The number of hydrogen-bond acceptors (Lipinski definition) is 3. The zero-order valence-electron chi connectivity index (χ0n) is 42.5. The molecule has 0 N–H and O–H groups in total. The van der Waals surface area contributed by atoms with Gasteiger partial charge in [-0.3, -0.25) is 0 Å². The Bertz CT molecular complexity index is 4090. The fourth-order valence-electron chi connectivity index (χ4n) is 15.2. The molecule has 3 heterocycles. The topological polar surface area (TPSA) is 15.7 Å². The van der Waals surface area contributed by atoms with Crippen molar-refractivity contribution >= 4 is 66.8 Å². The second kappa shape index (κ2) is 16.4. The first-order valence-corrected chi connectivity index (χ1v) is 32.9. The normalized spacial score (nSPS) is 15.3. The van der Waals surface area contributed by atoms with Gasteiger partial charge in [-0.1, -0.05) is 0 Å². The third-order valence-corrected chi connectivity index (χ3v) is 32.1. The van der Waals surface area contributed by atoms with Crippen LogP contribution in [-0.2, 0) is 10.8 Å². The summed E-state index contributed by atoms with van der Waals surface area (Å²) in [5.74, 6) is 1.91. The molecule has 0 amide bonds. The Kier molecular flexibility index (Phi) is 9.27. The Labute approximate surface area is 458 Å².